The van der Waals surface area contributed by atoms with Gasteiger partial charge in [0.15, 0.2) is 6.29 Å². The van der Waals surface area contributed by atoms with Crippen molar-refractivity contribution in [2.24, 2.45) is 0 Å². The van der Waals surface area contributed by atoms with E-state index in [1.807, 2.05) is 6.07 Å². The van der Waals surface area contributed by atoms with Crippen molar-refractivity contribution in [1.82, 2.24) is 0 Å². The van der Waals surface area contributed by atoms with Gasteiger partial charge in [-0.3, -0.25) is 0 Å². The van der Waals surface area contributed by atoms with E-state index in [-0.39, 0.29) is 6.29 Å². The summed E-state index contributed by atoms with van der Waals surface area (Å²) in [6, 6.07) is 1.85. The largest absolute Gasteiger partial charge is 0.598 e. The molecule has 80 valence electrons. The monoisotopic (exact) mass is 280 g/mol. The number of ether oxygens (including phenoxy) is 2. The van der Waals surface area contributed by atoms with Crippen molar-refractivity contribution in [3.05, 3.63) is 24.2 Å². The fourth-order valence-corrected chi connectivity index (χ4v) is 1.36. The maximum Gasteiger partial charge on any atom is 0.157 e. The van der Waals surface area contributed by atoms with Crippen LogP contribution in [0.25, 0.3) is 0 Å². The molecule has 0 aromatic carbocycles. The SMILES string of the molecule is [Cl][Zn+].[c-]1occc1COC1CCCCO1. The molecule has 1 atom stereocenters. The number of hydrogen-bond donors (Lipinski definition) is 0. The van der Waals surface area contributed by atoms with Gasteiger partial charge in [-0.25, -0.2) is 0 Å². The van der Waals surface area contributed by atoms with E-state index >= 15 is 0 Å². The molecule has 1 saturated heterocycles. The minimum absolute atomic E-state index is 0.0305. The summed E-state index contributed by atoms with van der Waals surface area (Å²) >= 11 is 0.847. The zero-order valence-corrected chi connectivity index (χ0v) is 12.3. The average molecular weight is 282 g/mol. The number of halogens is 1. The molecule has 0 saturated carbocycles. The van der Waals surface area contributed by atoms with Crippen molar-refractivity contribution in [3.8, 4) is 0 Å². The molecule has 3 nitrogen and oxygen atoms in total. The van der Waals surface area contributed by atoms with Gasteiger partial charge in [-0.2, -0.15) is 6.07 Å². The summed E-state index contributed by atoms with van der Waals surface area (Å²) in [5, 5.41) is 0. The third kappa shape index (κ3) is 5.12. The van der Waals surface area contributed by atoms with Crippen LogP contribution in [0.15, 0.2) is 16.7 Å². The van der Waals surface area contributed by atoms with E-state index in [0.717, 1.165) is 42.3 Å². The maximum absolute atomic E-state index is 5.51. The number of rotatable bonds is 3. The standard InChI is InChI=1S/C10H13O3.ClH.Zn/c1-2-5-12-10(3-1)13-8-9-4-6-11-7-9;;/h4,6,10H,1-3,5,8H2;1H;/q-1;;+2/p-1. The third-order valence-corrected chi connectivity index (χ3v) is 2.09. The molecule has 2 heterocycles. The molecule has 0 N–H and O–H groups in total. The van der Waals surface area contributed by atoms with Gasteiger partial charge in [0.05, 0.1) is 6.61 Å². The summed E-state index contributed by atoms with van der Waals surface area (Å²) < 4.78 is 15.7. The summed E-state index contributed by atoms with van der Waals surface area (Å²) in [6.45, 7) is 1.35. The van der Waals surface area contributed by atoms with Gasteiger partial charge in [0.25, 0.3) is 0 Å². The quantitative estimate of drug-likeness (QED) is 0.631. The van der Waals surface area contributed by atoms with Gasteiger partial charge in [-0.1, -0.05) is 6.26 Å². The van der Waals surface area contributed by atoms with Gasteiger partial charge in [-0.05, 0) is 25.5 Å². The zero-order chi connectivity index (χ0) is 10.9. The number of hydrogen-bond acceptors (Lipinski definition) is 3. The first-order valence-electron chi connectivity index (χ1n) is 4.89. The first-order valence-corrected chi connectivity index (χ1v) is 8.79. The molecule has 15 heavy (non-hydrogen) atoms. The molecule has 5 heteroatoms. The van der Waals surface area contributed by atoms with Gasteiger partial charge >= 0.3 is 27.0 Å². The minimum atomic E-state index is -0.0305. The van der Waals surface area contributed by atoms with Crippen LogP contribution < -0.4 is 0 Å². The Morgan fingerprint density at radius 1 is 1.53 bits per heavy atom. The van der Waals surface area contributed by atoms with Crippen LogP contribution in [0.4, 0.5) is 0 Å². The Bertz CT molecular complexity index is 235. The van der Waals surface area contributed by atoms with Crippen LogP contribution in [-0.4, -0.2) is 12.9 Å². The molecule has 1 aliphatic heterocycles. The van der Waals surface area contributed by atoms with E-state index in [1.165, 1.54) is 6.42 Å². The van der Waals surface area contributed by atoms with Gasteiger partial charge in [0.1, 0.15) is 0 Å². The Balaban J connectivity index is 0.000000531. The molecule has 1 aliphatic rings. The molecule has 0 aliphatic carbocycles. The Labute approximate surface area is 104 Å². The van der Waals surface area contributed by atoms with Crippen molar-refractivity contribution >= 4 is 9.69 Å². The van der Waals surface area contributed by atoms with Crippen LogP contribution in [0.5, 0.6) is 0 Å². The molecular formula is C10H13ClO3Zn. The second-order valence-electron chi connectivity index (χ2n) is 3.16. The minimum Gasteiger partial charge on any atom is -0.598 e. The van der Waals surface area contributed by atoms with Crippen molar-refractivity contribution in [2.75, 3.05) is 6.61 Å². The molecule has 1 aromatic rings. The second kappa shape index (κ2) is 8.29. The third-order valence-electron chi connectivity index (χ3n) is 2.09. The molecule has 0 bridgehead atoms. The van der Waals surface area contributed by atoms with Crippen molar-refractivity contribution in [3.63, 3.8) is 0 Å². The molecule has 1 unspecified atom stereocenters. The summed E-state index contributed by atoms with van der Waals surface area (Å²) in [7, 11) is 4.76. The number of furan rings is 1. The molecule has 0 spiro atoms. The van der Waals surface area contributed by atoms with Crippen molar-refractivity contribution in [1.29, 1.82) is 0 Å². The fourth-order valence-electron chi connectivity index (χ4n) is 1.36. The van der Waals surface area contributed by atoms with Crippen LogP contribution in [-0.2, 0) is 33.4 Å². The molecule has 2 rings (SSSR count). The zero-order valence-electron chi connectivity index (χ0n) is 8.58. The van der Waals surface area contributed by atoms with Gasteiger partial charge in [0, 0.05) is 6.61 Å². The fraction of sp³-hybridized carbons (Fsp3) is 0.600. The maximum atomic E-state index is 5.51. The molecule has 0 amide bonds. The Hall–Kier alpha value is 0.113. The molecule has 1 aromatic heterocycles. The van der Waals surface area contributed by atoms with Crippen molar-refractivity contribution < 1.29 is 31.2 Å². The van der Waals surface area contributed by atoms with Crippen LogP contribution in [0.3, 0.4) is 0 Å². The Morgan fingerprint density at radius 2 is 2.40 bits per heavy atom. The van der Waals surface area contributed by atoms with Gasteiger partial charge < -0.3 is 13.9 Å². The Kier molecular flexibility index (Phi) is 7.28. The predicted octanol–water partition coefficient (Wildman–Crippen LogP) is 2.81. The summed E-state index contributed by atoms with van der Waals surface area (Å²) in [4.78, 5) is 0. The first-order chi connectivity index (χ1) is 7.45. The van der Waals surface area contributed by atoms with Crippen molar-refractivity contribution in [2.45, 2.75) is 32.2 Å². The average Bonchev–Trinajstić information content (AvgIpc) is 2.83. The van der Waals surface area contributed by atoms with Gasteiger partial charge in [0.2, 0.25) is 0 Å². The van der Waals surface area contributed by atoms with E-state index < -0.39 is 0 Å². The van der Waals surface area contributed by atoms with E-state index in [2.05, 4.69) is 6.26 Å². The van der Waals surface area contributed by atoms with E-state index in [1.54, 1.807) is 6.26 Å². The normalized spacial score (nSPS) is 20.6. The van der Waals surface area contributed by atoms with E-state index in [0.29, 0.717) is 6.61 Å². The van der Waals surface area contributed by atoms with Crippen LogP contribution in [0, 0.1) is 6.26 Å². The summed E-state index contributed by atoms with van der Waals surface area (Å²) in [5.74, 6) is 0. The molecule has 1 fully saturated rings. The predicted molar refractivity (Wildman–Crippen MR) is 51.8 cm³/mol. The summed E-state index contributed by atoms with van der Waals surface area (Å²) in [5.41, 5.74) is 0.939. The second-order valence-corrected chi connectivity index (χ2v) is 3.16. The smallest absolute Gasteiger partial charge is 0.157 e. The van der Waals surface area contributed by atoms with E-state index in [9.17, 15) is 0 Å². The van der Waals surface area contributed by atoms with Crippen LogP contribution >= 0.6 is 9.69 Å². The van der Waals surface area contributed by atoms with Gasteiger partial charge in [-0.15, -0.1) is 5.56 Å². The summed E-state index contributed by atoms with van der Waals surface area (Å²) in [6.07, 6.45) is 7.63. The Morgan fingerprint density at radius 3 is 3.00 bits per heavy atom. The first kappa shape index (κ1) is 13.2. The van der Waals surface area contributed by atoms with Crippen LogP contribution in [0.2, 0.25) is 0 Å². The van der Waals surface area contributed by atoms with E-state index in [4.69, 9.17) is 23.6 Å². The topological polar surface area (TPSA) is 31.6 Å². The molecular weight excluding hydrogens is 269 g/mol. The molecule has 0 radical (unpaired) electrons. The van der Waals surface area contributed by atoms with Crippen LogP contribution in [0.1, 0.15) is 24.8 Å².